The SMILES string of the molecule is CC[C@@]1(C)CC(=O)N[C@@H](Cc2ccccc2)C(=O)N2C[C@@H](C)CC2C(=O)N[C@@H](CCCCCC(=O)[C@@H](C)O)C1=O. The average Bonchev–Trinajstić information content (AvgIpc) is 3.32. The van der Waals surface area contributed by atoms with Gasteiger partial charge in [0.15, 0.2) is 11.6 Å². The van der Waals surface area contributed by atoms with Gasteiger partial charge in [0.25, 0.3) is 0 Å². The van der Waals surface area contributed by atoms with E-state index in [0.29, 0.717) is 51.5 Å². The molecule has 1 unspecified atom stereocenters. The van der Waals surface area contributed by atoms with Crippen molar-refractivity contribution < 1.29 is 29.1 Å². The second-order valence-corrected chi connectivity index (χ2v) is 11.9. The van der Waals surface area contributed by atoms with Crippen LogP contribution >= 0.6 is 0 Å². The average molecular weight is 556 g/mol. The molecule has 0 bridgehead atoms. The fourth-order valence-corrected chi connectivity index (χ4v) is 5.76. The van der Waals surface area contributed by atoms with Gasteiger partial charge in [-0.15, -0.1) is 0 Å². The maximum atomic E-state index is 13.9. The van der Waals surface area contributed by atoms with E-state index in [1.165, 1.54) is 6.92 Å². The van der Waals surface area contributed by atoms with Gasteiger partial charge >= 0.3 is 0 Å². The predicted molar refractivity (Wildman–Crippen MR) is 151 cm³/mol. The fraction of sp³-hybridized carbons (Fsp3) is 0.645. The molecule has 6 atom stereocenters. The van der Waals surface area contributed by atoms with E-state index in [1.54, 1.807) is 11.8 Å². The lowest BCUT2D eigenvalue weighted by Gasteiger charge is -2.35. The number of fused-ring (bicyclic) bond motifs is 1. The summed E-state index contributed by atoms with van der Waals surface area (Å²) in [6.07, 6.45) is 2.57. The Balaban J connectivity index is 1.85. The Bertz CT molecular complexity index is 1070. The van der Waals surface area contributed by atoms with Gasteiger partial charge in [-0.25, -0.2) is 0 Å². The molecule has 2 fully saturated rings. The number of ketones is 2. The number of hydrogen-bond donors (Lipinski definition) is 3. The zero-order chi connectivity index (χ0) is 29.4. The van der Waals surface area contributed by atoms with Crippen LogP contribution in [0.5, 0.6) is 0 Å². The molecular weight excluding hydrogens is 510 g/mol. The van der Waals surface area contributed by atoms with E-state index >= 15 is 0 Å². The van der Waals surface area contributed by atoms with Crippen LogP contribution in [0, 0.1) is 11.3 Å². The minimum Gasteiger partial charge on any atom is -0.386 e. The summed E-state index contributed by atoms with van der Waals surface area (Å²) in [5.41, 5.74) is -0.127. The second-order valence-electron chi connectivity index (χ2n) is 11.9. The molecule has 40 heavy (non-hydrogen) atoms. The fourth-order valence-electron chi connectivity index (χ4n) is 5.76. The number of aliphatic hydroxyl groups excluding tert-OH is 1. The summed E-state index contributed by atoms with van der Waals surface area (Å²) in [7, 11) is 0. The van der Waals surface area contributed by atoms with Gasteiger partial charge in [-0.05, 0) is 44.1 Å². The molecule has 9 nitrogen and oxygen atoms in total. The first-order valence-electron chi connectivity index (χ1n) is 14.6. The molecule has 0 saturated carbocycles. The van der Waals surface area contributed by atoms with Gasteiger partial charge in [-0.1, -0.05) is 63.9 Å². The number of hydrogen-bond acceptors (Lipinski definition) is 6. The van der Waals surface area contributed by atoms with Crippen LogP contribution in [0.1, 0.15) is 84.6 Å². The Morgan fingerprint density at radius 2 is 1.77 bits per heavy atom. The Hall–Kier alpha value is -3.07. The van der Waals surface area contributed by atoms with Crippen molar-refractivity contribution in [1.29, 1.82) is 0 Å². The first-order valence-corrected chi connectivity index (χ1v) is 14.6. The number of carbonyl (C=O) groups is 5. The Morgan fingerprint density at radius 3 is 2.42 bits per heavy atom. The van der Waals surface area contributed by atoms with Crippen LogP contribution in [0.15, 0.2) is 30.3 Å². The number of benzene rings is 1. The lowest BCUT2D eigenvalue weighted by atomic mass is 9.75. The van der Waals surface area contributed by atoms with Gasteiger partial charge in [-0.2, -0.15) is 0 Å². The maximum absolute atomic E-state index is 13.9. The Kier molecular flexibility index (Phi) is 11.0. The number of amides is 3. The van der Waals surface area contributed by atoms with Crippen LogP contribution in [0.4, 0.5) is 0 Å². The first kappa shape index (κ1) is 31.5. The minimum absolute atomic E-state index is 0.0873. The van der Waals surface area contributed by atoms with Crippen molar-refractivity contribution in [2.24, 2.45) is 11.3 Å². The molecule has 1 aromatic rings. The van der Waals surface area contributed by atoms with Gasteiger partial charge in [-0.3, -0.25) is 24.0 Å². The van der Waals surface area contributed by atoms with Gasteiger partial charge < -0.3 is 20.6 Å². The summed E-state index contributed by atoms with van der Waals surface area (Å²) in [5.74, 6) is -1.30. The topological polar surface area (TPSA) is 133 Å². The van der Waals surface area contributed by atoms with E-state index in [1.807, 2.05) is 44.2 Å². The van der Waals surface area contributed by atoms with Gasteiger partial charge in [0.1, 0.15) is 18.2 Å². The zero-order valence-electron chi connectivity index (χ0n) is 24.3. The molecule has 3 N–H and O–H groups in total. The molecule has 0 radical (unpaired) electrons. The molecule has 2 aliphatic heterocycles. The van der Waals surface area contributed by atoms with E-state index < -0.39 is 29.6 Å². The third-order valence-electron chi connectivity index (χ3n) is 8.45. The zero-order valence-corrected chi connectivity index (χ0v) is 24.3. The molecule has 2 heterocycles. The van der Waals surface area contributed by atoms with Crippen molar-refractivity contribution in [3.05, 3.63) is 35.9 Å². The van der Waals surface area contributed by atoms with E-state index in [9.17, 15) is 29.1 Å². The lowest BCUT2D eigenvalue weighted by Crippen LogP contribution is -2.58. The van der Waals surface area contributed by atoms with Crippen molar-refractivity contribution >= 4 is 29.3 Å². The van der Waals surface area contributed by atoms with Crippen LogP contribution in [0.3, 0.4) is 0 Å². The molecule has 1 aromatic carbocycles. The predicted octanol–water partition coefficient (Wildman–Crippen LogP) is 2.73. The number of nitrogens with zero attached hydrogens (tertiary/aromatic N) is 1. The number of unbranched alkanes of at least 4 members (excludes halogenated alkanes) is 2. The highest BCUT2D eigenvalue weighted by molar-refractivity contribution is 5.99. The quantitative estimate of drug-likeness (QED) is 0.380. The summed E-state index contributed by atoms with van der Waals surface area (Å²) < 4.78 is 0. The van der Waals surface area contributed by atoms with Crippen LogP contribution in [-0.2, 0) is 30.4 Å². The normalized spacial score (nSPS) is 28.7. The summed E-state index contributed by atoms with van der Waals surface area (Å²) in [4.78, 5) is 68.0. The van der Waals surface area contributed by atoms with E-state index in [-0.39, 0.29) is 48.0 Å². The number of rotatable bonds is 10. The third kappa shape index (κ3) is 7.99. The molecule has 0 spiro atoms. The van der Waals surface area contributed by atoms with Gasteiger partial charge in [0.2, 0.25) is 17.7 Å². The first-order chi connectivity index (χ1) is 18.9. The summed E-state index contributed by atoms with van der Waals surface area (Å²) in [6, 6.07) is 7.08. The summed E-state index contributed by atoms with van der Waals surface area (Å²) >= 11 is 0. The van der Waals surface area contributed by atoms with Crippen molar-refractivity contribution in [2.75, 3.05) is 6.54 Å². The molecule has 2 saturated heterocycles. The summed E-state index contributed by atoms with van der Waals surface area (Å²) in [5, 5.41) is 15.3. The largest absolute Gasteiger partial charge is 0.386 e. The number of nitrogens with one attached hydrogen (secondary N) is 2. The lowest BCUT2D eigenvalue weighted by molar-refractivity contribution is -0.145. The third-order valence-corrected chi connectivity index (χ3v) is 8.45. The van der Waals surface area contributed by atoms with Crippen LogP contribution in [-0.4, -0.2) is 70.1 Å². The highest BCUT2D eigenvalue weighted by Gasteiger charge is 2.45. The minimum atomic E-state index is -1.02. The second kappa shape index (κ2) is 14.0. The van der Waals surface area contributed by atoms with Gasteiger partial charge in [0.05, 0.1) is 6.04 Å². The molecular formula is C31H45N3O6. The number of carbonyl (C=O) groups excluding carboxylic acids is 5. The molecule has 220 valence electrons. The van der Waals surface area contributed by atoms with E-state index in [4.69, 9.17) is 0 Å². The summed E-state index contributed by atoms with van der Waals surface area (Å²) in [6.45, 7) is 7.44. The molecule has 0 aliphatic carbocycles. The van der Waals surface area contributed by atoms with Crippen LogP contribution < -0.4 is 10.6 Å². The molecule has 3 amide bonds. The van der Waals surface area contributed by atoms with Crippen molar-refractivity contribution in [2.45, 2.75) is 110 Å². The van der Waals surface area contributed by atoms with Crippen LogP contribution in [0.25, 0.3) is 0 Å². The monoisotopic (exact) mass is 555 g/mol. The molecule has 3 rings (SSSR count). The highest BCUT2D eigenvalue weighted by Crippen LogP contribution is 2.32. The molecule has 0 aromatic heterocycles. The Labute approximate surface area is 237 Å². The molecule has 2 aliphatic rings. The van der Waals surface area contributed by atoms with Crippen molar-refractivity contribution in [3.63, 3.8) is 0 Å². The highest BCUT2D eigenvalue weighted by atomic mass is 16.3. The number of aliphatic hydroxyl groups is 1. The smallest absolute Gasteiger partial charge is 0.246 e. The maximum Gasteiger partial charge on any atom is 0.246 e. The van der Waals surface area contributed by atoms with Crippen molar-refractivity contribution in [3.8, 4) is 0 Å². The standard InChI is InChI=1S/C31H45N3O6/c1-5-31(4)18-27(37)32-24(17-22-12-8-6-9-13-22)30(40)34-19-20(2)16-25(34)29(39)33-23(28(31)38)14-10-7-11-15-26(36)21(3)35/h6,8-9,12-13,20-21,23-25,35H,5,7,10-11,14-19H2,1-4H3,(H,32,37)(H,33,39)/t20-,21+,23-,24-,25?,31-/m0/s1. The molecule has 9 heteroatoms. The Morgan fingerprint density at radius 1 is 1.07 bits per heavy atom. The van der Waals surface area contributed by atoms with E-state index in [2.05, 4.69) is 10.6 Å². The van der Waals surface area contributed by atoms with Crippen molar-refractivity contribution in [1.82, 2.24) is 15.5 Å². The number of Topliss-reactive ketones (excluding diaryl/α,β-unsaturated/α-hetero) is 2. The van der Waals surface area contributed by atoms with Gasteiger partial charge in [0, 0.05) is 31.2 Å². The van der Waals surface area contributed by atoms with E-state index in [0.717, 1.165) is 5.56 Å². The van der Waals surface area contributed by atoms with Crippen LogP contribution in [0.2, 0.25) is 0 Å².